The van der Waals surface area contributed by atoms with Crippen LogP contribution in [0.1, 0.15) is 32.6 Å². The molecule has 7 heteroatoms. The second kappa shape index (κ2) is 5.76. The van der Waals surface area contributed by atoms with Crippen LogP contribution in [0.5, 0.6) is 0 Å². The van der Waals surface area contributed by atoms with E-state index >= 15 is 0 Å². The van der Waals surface area contributed by atoms with Crippen molar-refractivity contribution in [3.63, 3.8) is 0 Å². The first-order chi connectivity index (χ1) is 11.3. The summed E-state index contributed by atoms with van der Waals surface area (Å²) in [6, 6.07) is 10.0. The highest BCUT2D eigenvalue weighted by Crippen LogP contribution is 2.28. The Morgan fingerprint density at radius 1 is 1.21 bits per heavy atom. The number of hydrogen-bond donors (Lipinski definition) is 2. The zero-order valence-corrected chi connectivity index (χ0v) is 14.4. The quantitative estimate of drug-likeness (QED) is 0.841. The van der Waals surface area contributed by atoms with Gasteiger partial charge in [-0.3, -0.25) is 15.0 Å². The highest BCUT2D eigenvalue weighted by molar-refractivity contribution is 7.14. The van der Waals surface area contributed by atoms with Gasteiger partial charge in [-0.15, -0.1) is 11.3 Å². The van der Waals surface area contributed by atoms with Gasteiger partial charge in [0.05, 0.1) is 4.88 Å². The summed E-state index contributed by atoms with van der Waals surface area (Å²) in [5.74, 6) is -0.992. The lowest BCUT2D eigenvalue weighted by molar-refractivity contribution is -0.132. The molecule has 3 rings (SSSR count). The molecule has 1 aliphatic rings. The molecule has 1 atom stereocenters. The molecule has 1 fully saturated rings. The number of hydrazine groups is 1. The third-order valence-corrected chi connectivity index (χ3v) is 5.30. The number of benzene rings is 1. The third kappa shape index (κ3) is 2.56. The van der Waals surface area contributed by atoms with Crippen LogP contribution in [0.25, 0.3) is 0 Å². The van der Waals surface area contributed by atoms with Crippen LogP contribution in [0.15, 0.2) is 36.4 Å². The van der Waals surface area contributed by atoms with Crippen LogP contribution in [0, 0.1) is 13.8 Å². The van der Waals surface area contributed by atoms with Crippen LogP contribution in [0.4, 0.5) is 4.79 Å². The molecule has 2 N–H and O–H groups in total. The maximum absolute atomic E-state index is 12.7. The van der Waals surface area contributed by atoms with E-state index < -0.39 is 23.4 Å². The molecule has 0 aliphatic carbocycles. The van der Waals surface area contributed by atoms with E-state index in [-0.39, 0.29) is 0 Å². The lowest BCUT2D eigenvalue weighted by Gasteiger charge is -2.21. The Kier molecular flexibility index (Phi) is 3.88. The Morgan fingerprint density at radius 2 is 1.88 bits per heavy atom. The fourth-order valence-corrected chi connectivity index (χ4v) is 3.47. The summed E-state index contributed by atoms with van der Waals surface area (Å²) in [6.45, 7) is 5.44. The zero-order chi connectivity index (χ0) is 17.5. The van der Waals surface area contributed by atoms with Gasteiger partial charge in [0.25, 0.3) is 11.8 Å². The van der Waals surface area contributed by atoms with Crippen LogP contribution < -0.4 is 10.7 Å². The van der Waals surface area contributed by atoms with Crippen molar-refractivity contribution in [3.8, 4) is 0 Å². The summed E-state index contributed by atoms with van der Waals surface area (Å²) in [6.07, 6.45) is 0. The summed E-state index contributed by atoms with van der Waals surface area (Å²) in [5.41, 5.74) is 2.85. The monoisotopic (exact) mass is 343 g/mol. The first-order valence-corrected chi connectivity index (χ1v) is 8.25. The highest BCUT2D eigenvalue weighted by atomic mass is 32.1. The van der Waals surface area contributed by atoms with Crippen LogP contribution in [0.2, 0.25) is 0 Å². The highest BCUT2D eigenvalue weighted by Gasteiger charge is 2.50. The molecule has 0 bridgehead atoms. The second-order valence-electron chi connectivity index (χ2n) is 5.85. The molecule has 124 valence electrons. The average Bonchev–Trinajstić information content (AvgIpc) is 3.01. The predicted octanol–water partition coefficient (Wildman–Crippen LogP) is 2.48. The van der Waals surface area contributed by atoms with Crippen molar-refractivity contribution >= 4 is 29.2 Å². The molecule has 4 amide bonds. The van der Waals surface area contributed by atoms with E-state index in [1.807, 2.05) is 19.9 Å². The van der Waals surface area contributed by atoms with Crippen LogP contribution in [0.3, 0.4) is 0 Å². The second-order valence-corrected chi connectivity index (χ2v) is 7.11. The molecule has 1 aliphatic heterocycles. The zero-order valence-electron chi connectivity index (χ0n) is 13.5. The molecule has 6 nitrogen and oxygen atoms in total. The number of thiophene rings is 1. The largest absolute Gasteiger partial charge is 0.344 e. The topological polar surface area (TPSA) is 78.5 Å². The average molecular weight is 343 g/mol. The van der Waals surface area contributed by atoms with Gasteiger partial charge >= 0.3 is 6.03 Å². The molecule has 1 unspecified atom stereocenters. The summed E-state index contributed by atoms with van der Waals surface area (Å²) in [5, 5.41) is 3.40. The SMILES string of the molecule is Cc1cc(C(=O)NN2C(=O)NC(C)(c3ccccc3)C2=O)sc1C. The summed E-state index contributed by atoms with van der Waals surface area (Å²) in [4.78, 5) is 38.7. The van der Waals surface area contributed by atoms with Gasteiger partial charge in [0.2, 0.25) is 0 Å². The van der Waals surface area contributed by atoms with E-state index in [1.54, 1.807) is 37.3 Å². The van der Waals surface area contributed by atoms with Crippen molar-refractivity contribution in [1.82, 2.24) is 15.8 Å². The normalized spacial score (nSPS) is 20.2. The smallest absolute Gasteiger partial charge is 0.318 e. The molecular formula is C17H17N3O3S. The molecule has 2 aromatic rings. The number of imide groups is 1. The predicted molar refractivity (Wildman–Crippen MR) is 90.4 cm³/mol. The molecule has 1 saturated heterocycles. The minimum absolute atomic E-state index is 0.457. The number of urea groups is 1. The number of hydrogen-bond acceptors (Lipinski definition) is 4. The maximum Gasteiger partial charge on any atom is 0.344 e. The van der Waals surface area contributed by atoms with Crippen LogP contribution in [-0.2, 0) is 10.3 Å². The van der Waals surface area contributed by atoms with Gasteiger partial charge in [-0.25, -0.2) is 4.79 Å². The Bertz CT molecular complexity index is 811. The lowest BCUT2D eigenvalue weighted by atomic mass is 9.92. The van der Waals surface area contributed by atoms with Crippen molar-refractivity contribution in [2.24, 2.45) is 0 Å². The van der Waals surface area contributed by atoms with E-state index in [9.17, 15) is 14.4 Å². The van der Waals surface area contributed by atoms with Gasteiger partial charge in [0, 0.05) is 4.88 Å². The summed E-state index contributed by atoms with van der Waals surface area (Å²) in [7, 11) is 0. The van der Waals surface area contributed by atoms with Gasteiger partial charge < -0.3 is 5.32 Å². The van der Waals surface area contributed by atoms with Crippen molar-refractivity contribution in [2.75, 3.05) is 0 Å². The Balaban J connectivity index is 1.83. The van der Waals surface area contributed by atoms with Gasteiger partial charge in [0.1, 0.15) is 5.54 Å². The third-order valence-electron chi connectivity index (χ3n) is 4.15. The number of amides is 4. The van der Waals surface area contributed by atoms with Crippen molar-refractivity contribution in [1.29, 1.82) is 0 Å². The number of nitrogens with one attached hydrogen (secondary N) is 2. The molecule has 0 saturated carbocycles. The standard InChI is InChI=1S/C17H17N3O3S/c1-10-9-13(24-11(10)2)14(21)19-20-15(22)17(3,18-16(20)23)12-7-5-4-6-8-12/h4-9H,1-3H3,(H,18,23)(H,19,21). The molecule has 1 aromatic carbocycles. The number of nitrogens with zero attached hydrogens (tertiary/aromatic N) is 1. The van der Waals surface area contributed by atoms with E-state index in [1.165, 1.54) is 11.3 Å². The van der Waals surface area contributed by atoms with Crippen LogP contribution in [-0.4, -0.2) is 22.9 Å². The van der Waals surface area contributed by atoms with Gasteiger partial charge in [-0.2, -0.15) is 5.01 Å². The molecule has 2 heterocycles. The van der Waals surface area contributed by atoms with E-state index in [2.05, 4.69) is 10.7 Å². The van der Waals surface area contributed by atoms with E-state index in [0.717, 1.165) is 15.4 Å². The summed E-state index contributed by atoms with van der Waals surface area (Å²) >= 11 is 1.32. The molecule has 1 aromatic heterocycles. The minimum atomic E-state index is -1.20. The first-order valence-electron chi connectivity index (χ1n) is 7.43. The minimum Gasteiger partial charge on any atom is -0.318 e. The first kappa shape index (κ1) is 16.2. The molecule has 0 spiro atoms. The number of rotatable bonds is 3. The Hall–Kier alpha value is -2.67. The van der Waals surface area contributed by atoms with Crippen molar-refractivity contribution in [2.45, 2.75) is 26.3 Å². The number of carbonyl (C=O) groups is 3. The summed E-state index contributed by atoms with van der Waals surface area (Å²) < 4.78 is 0. The van der Waals surface area contributed by atoms with Gasteiger partial charge in [-0.05, 0) is 38.0 Å². The van der Waals surface area contributed by atoms with Crippen LogP contribution >= 0.6 is 11.3 Å². The molecule has 24 heavy (non-hydrogen) atoms. The van der Waals surface area contributed by atoms with Crippen molar-refractivity contribution in [3.05, 3.63) is 57.3 Å². The lowest BCUT2D eigenvalue weighted by Crippen LogP contribution is -2.47. The fourth-order valence-electron chi connectivity index (χ4n) is 2.55. The molecular weight excluding hydrogens is 326 g/mol. The van der Waals surface area contributed by atoms with Crippen molar-refractivity contribution < 1.29 is 14.4 Å². The van der Waals surface area contributed by atoms with Gasteiger partial charge in [0.15, 0.2) is 0 Å². The van der Waals surface area contributed by atoms with E-state index in [0.29, 0.717) is 10.4 Å². The Morgan fingerprint density at radius 3 is 2.46 bits per heavy atom. The van der Waals surface area contributed by atoms with Gasteiger partial charge in [-0.1, -0.05) is 30.3 Å². The maximum atomic E-state index is 12.7. The molecule has 0 radical (unpaired) electrons. The Labute approximate surface area is 143 Å². The fraction of sp³-hybridized carbons (Fsp3) is 0.235. The number of aryl methyl sites for hydroxylation is 2. The van der Waals surface area contributed by atoms with E-state index in [4.69, 9.17) is 0 Å². The number of carbonyl (C=O) groups excluding carboxylic acids is 3.